The van der Waals surface area contributed by atoms with E-state index in [0.717, 1.165) is 0 Å². The van der Waals surface area contributed by atoms with Gasteiger partial charge in [-0.3, -0.25) is 0 Å². The standard InChI is InChI=1S/C19H26N2O4/c1-19(2,3)14-6-8-16(9-7-14)25-13-15(22)11-20-18(23)21-12-17-5-4-10-24-17/h4-10,15,22H,11-13H2,1-3H3,(H2,20,21,23)/t15-/m0/s1. The van der Waals surface area contributed by atoms with Gasteiger partial charge in [-0.2, -0.15) is 0 Å². The molecule has 6 nitrogen and oxygen atoms in total. The van der Waals surface area contributed by atoms with E-state index < -0.39 is 6.10 Å². The van der Waals surface area contributed by atoms with Crippen LogP contribution in [0.3, 0.4) is 0 Å². The van der Waals surface area contributed by atoms with E-state index in [1.54, 1.807) is 18.4 Å². The summed E-state index contributed by atoms with van der Waals surface area (Å²) >= 11 is 0. The summed E-state index contributed by atoms with van der Waals surface area (Å²) in [5, 5.41) is 15.1. The zero-order valence-electron chi connectivity index (χ0n) is 14.9. The Morgan fingerprint density at radius 2 is 1.92 bits per heavy atom. The van der Waals surface area contributed by atoms with E-state index in [9.17, 15) is 9.90 Å². The van der Waals surface area contributed by atoms with Crippen LogP contribution in [0.15, 0.2) is 47.1 Å². The van der Waals surface area contributed by atoms with Gasteiger partial charge in [0.25, 0.3) is 0 Å². The molecular formula is C19H26N2O4. The van der Waals surface area contributed by atoms with Gasteiger partial charge in [0.2, 0.25) is 0 Å². The highest BCUT2D eigenvalue weighted by molar-refractivity contribution is 5.73. The third kappa shape index (κ3) is 6.51. The maximum atomic E-state index is 11.6. The molecule has 25 heavy (non-hydrogen) atoms. The third-order valence-corrected chi connectivity index (χ3v) is 3.66. The Hall–Kier alpha value is -2.47. The Morgan fingerprint density at radius 1 is 1.20 bits per heavy atom. The van der Waals surface area contributed by atoms with E-state index in [0.29, 0.717) is 18.1 Å². The smallest absolute Gasteiger partial charge is 0.315 e. The molecule has 2 aromatic rings. The van der Waals surface area contributed by atoms with E-state index in [4.69, 9.17) is 9.15 Å². The molecule has 0 fully saturated rings. The Labute approximate surface area is 148 Å². The maximum Gasteiger partial charge on any atom is 0.315 e. The summed E-state index contributed by atoms with van der Waals surface area (Å²) in [6.45, 7) is 6.95. The molecule has 0 saturated carbocycles. The molecule has 1 aromatic heterocycles. The molecule has 0 saturated heterocycles. The van der Waals surface area contributed by atoms with Crippen LogP contribution in [0.1, 0.15) is 32.1 Å². The molecule has 0 spiro atoms. The number of hydrogen-bond acceptors (Lipinski definition) is 4. The number of ether oxygens (including phenoxy) is 1. The molecule has 3 N–H and O–H groups in total. The number of rotatable bonds is 7. The molecule has 0 aliphatic rings. The molecule has 0 aliphatic carbocycles. The fraction of sp³-hybridized carbons (Fsp3) is 0.421. The van der Waals surface area contributed by atoms with Crippen molar-refractivity contribution < 1.29 is 19.1 Å². The van der Waals surface area contributed by atoms with Gasteiger partial charge in [-0.15, -0.1) is 0 Å². The van der Waals surface area contributed by atoms with Crippen molar-refractivity contribution in [2.24, 2.45) is 0 Å². The number of furan rings is 1. The van der Waals surface area contributed by atoms with Crippen LogP contribution in [0.4, 0.5) is 4.79 Å². The van der Waals surface area contributed by atoms with Gasteiger partial charge >= 0.3 is 6.03 Å². The van der Waals surface area contributed by atoms with Gasteiger partial charge in [0, 0.05) is 6.54 Å². The van der Waals surface area contributed by atoms with Gasteiger partial charge in [0.1, 0.15) is 24.2 Å². The molecular weight excluding hydrogens is 320 g/mol. The predicted octanol–water partition coefficient (Wildman–Crippen LogP) is 2.82. The molecule has 0 aliphatic heterocycles. The van der Waals surface area contributed by atoms with Crippen molar-refractivity contribution >= 4 is 6.03 Å². The Morgan fingerprint density at radius 3 is 2.52 bits per heavy atom. The second-order valence-corrected chi connectivity index (χ2v) is 6.88. The number of hydrogen-bond donors (Lipinski definition) is 3. The van der Waals surface area contributed by atoms with Crippen LogP contribution in [0.5, 0.6) is 5.75 Å². The molecule has 0 bridgehead atoms. The van der Waals surface area contributed by atoms with Crippen molar-refractivity contribution in [3.8, 4) is 5.75 Å². The molecule has 136 valence electrons. The lowest BCUT2D eigenvalue weighted by atomic mass is 9.87. The number of aliphatic hydroxyl groups excluding tert-OH is 1. The zero-order valence-corrected chi connectivity index (χ0v) is 14.9. The quantitative estimate of drug-likeness (QED) is 0.720. The SMILES string of the molecule is CC(C)(C)c1ccc(OC[C@@H](O)CNC(=O)NCc2ccco2)cc1. The van der Waals surface area contributed by atoms with Gasteiger partial charge in [-0.1, -0.05) is 32.9 Å². The summed E-state index contributed by atoms with van der Waals surface area (Å²) in [7, 11) is 0. The summed E-state index contributed by atoms with van der Waals surface area (Å²) < 4.78 is 10.7. The van der Waals surface area contributed by atoms with Crippen molar-refractivity contribution in [2.45, 2.75) is 38.8 Å². The molecule has 1 heterocycles. The largest absolute Gasteiger partial charge is 0.491 e. The molecule has 6 heteroatoms. The molecule has 2 amide bonds. The molecule has 0 radical (unpaired) electrons. The second kappa shape index (κ2) is 8.58. The lowest BCUT2D eigenvalue weighted by molar-refractivity contribution is 0.108. The first-order valence-corrected chi connectivity index (χ1v) is 8.30. The first kappa shape index (κ1) is 18.9. The highest BCUT2D eigenvalue weighted by Crippen LogP contribution is 2.24. The highest BCUT2D eigenvalue weighted by Gasteiger charge is 2.13. The van der Waals surface area contributed by atoms with Crippen LogP contribution in [0.2, 0.25) is 0 Å². The van der Waals surface area contributed by atoms with Crippen molar-refractivity contribution in [2.75, 3.05) is 13.2 Å². The fourth-order valence-electron chi connectivity index (χ4n) is 2.16. The average Bonchev–Trinajstić information content (AvgIpc) is 3.09. The minimum absolute atomic E-state index is 0.0883. The van der Waals surface area contributed by atoms with Gasteiger partial charge in [0.05, 0.1) is 12.8 Å². The highest BCUT2D eigenvalue weighted by atomic mass is 16.5. The normalized spacial score (nSPS) is 12.5. The number of aliphatic hydroxyl groups is 1. The first-order chi connectivity index (χ1) is 11.8. The number of carbonyl (C=O) groups excluding carboxylic acids is 1. The number of nitrogens with one attached hydrogen (secondary N) is 2. The van der Waals surface area contributed by atoms with Gasteiger partial charge in [-0.05, 0) is 35.2 Å². The first-order valence-electron chi connectivity index (χ1n) is 8.30. The van der Waals surface area contributed by atoms with Crippen LogP contribution in [-0.4, -0.2) is 30.4 Å². The molecule has 1 aromatic carbocycles. The lowest BCUT2D eigenvalue weighted by Crippen LogP contribution is -2.41. The van der Waals surface area contributed by atoms with Crippen molar-refractivity contribution in [3.05, 3.63) is 54.0 Å². The van der Waals surface area contributed by atoms with Gasteiger partial charge < -0.3 is 24.9 Å². The van der Waals surface area contributed by atoms with Gasteiger partial charge in [0.15, 0.2) is 0 Å². The summed E-state index contributed by atoms with van der Waals surface area (Å²) in [5.74, 6) is 1.35. The third-order valence-electron chi connectivity index (χ3n) is 3.66. The molecule has 0 unspecified atom stereocenters. The number of amides is 2. The zero-order chi connectivity index (χ0) is 18.3. The topological polar surface area (TPSA) is 83.7 Å². The minimum Gasteiger partial charge on any atom is -0.491 e. The Bertz CT molecular complexity index is 645. The van der Waals surface area contributed by atoms with Crippen LogP contribution < -0.4 is 15.4 Å². The second-order valence-electron chi connectivity index (χ2n) is 6.88. The van der Waals surface area contributed by atoms with Crippen molar-refractivity contribution in [1.29, 1.82) is 0 Å². The summed E-state index contributed by atoms with van der Waals surface area (Å²) in [4.78, 5) is 11.6. The lowest BCUT2D eigenvalue weighted by Gasteiger charge is -2.19. The monoisotopic (exact) mass is 346 g/mol. The van der Waals surface area contributed by atoms with Crippen molar-refractivity contribution in [1.82, 2.24) is 10.6 Å². The van der Waals surface area contributed by atoms with E-state index in [2.05, 4.69) is 31.4 Å². The van der Waals surface area contributed by atoms with Crippen LogP contribution >= 0.6 is 0 Å². The van der Waals surface area contributed by atoms with E-state index in [1.165, 1.54) is 5.56 Å². The fourth-order valence-corrected chi connectivity index (χ4v) is 2.16. The maximum absolute atomic E-state index is 11.6. The molecule has 1 atom stereocenters. The molecule has 2 rings (SSSR count). The van der Waals surface area contributed by atoms with Crippen molar-refractivity contribution in [3.63, 3.8) is 0 Å². The Balaban J connectivity index is 1.66. The summed E-state index contributed by atoms with van der Waals surface area (Å²) in [5.41, 5.74) is 1.31. The van der Waals surface area contributed by atoms with Crippen LogP contribution in [0, 0.1) is 0 Å². The average molecular weight is 346 g/mol. The van der Waals surface area contributed by atoms with Crippen LogP contribution in [-0.2, 0) is 12.0 Å². The Kier molecular flexibility index (Phi) is 6.47. The minimum atomic E-state index is -0.795. The predicted molar refractivity (Wildman–Crippen MR) is 95.6 cm³/mol. The van der Waals surface area contributed by atoms with E-state index >= 15 is 0 Å². The number of urea groups is 1. The number of benzene rings is 1. The summed E-state index contributed by atoms with van der Waals surface area (Å²) in [6, 6.07) is 11.0. The van der Waals surface area contributed by atoms with Gasteiger partial charge in [-0.25, -0.2) is 4.79 Å². The van der Waals surface area contributed by atoms with E-state index in [-0.39, 0.29) is 24.6 Å². The summed E-state index contributed by atoms with van der Waals surface area (Å²) in [6.07, 6.45) is 0.751. The number of carbonyl (C=O) groups is 1. The van der Waals surface area contributed by atoms with E-state index in [1.807, 2.05) is 24.3 Å². The van der Waals surface area contributed by atoms with Crippen LogP contribution in [0.25, 0.3) is 0 Å².